The van der Waals surface area contributed by atoms with E-state index in [1.54, 1.807) is 12.4 Å². The van der Waals surface area contributed by atoms with Gasteiger partial charge in [-0.25, -0.2) is 9.97 Å². The van der Waals surface area contributed by atoms with Gasteiger partial charge >= 0.3 is 0 Å². The summed E-state index contributed by atoms with van der Waals surface area (Å²) in [6, 6.07) is 4.42. The second kappa shape index (κ2) is 5.39. The quantitative estimate of drug-likeness (QED) is 0.839. The molecule has 1 saturated heterocycles. The zero-order valence-corrected chi connectivity index (χ0v) is 11.4. The number of nitriles is 1. The molecule has 3 heterocycles. The average molecular weight is 268 g/mol. The molecule has 0 amide bonds. The van der Waals surface area contributed by atoms with Crippen molar-refractivity contribution >= 4 is 0 Å². The maximum Gasteiger partial charge on any atom is 0.125 e. The lowest BCUT2D eigenvalue weighted by Crippen LogP contribution is -2.22. The second-order valence-corrected chi connectivity index (χ2v) is 5.09. The van der Waals surface area contributed by atoms with Gasteiger partial charge in [0.25, 0.3) is 0 Å². The maximum atomic E-state index is 8.84. The smallest absolute Gasteiger partial charge is 0.125 e. The van der Waals surface area contributed by atoms with E-state index in [4.69, 9.17) is 5.26 Å². The molecule has 102 valence electrons. The Kier molecular flexibility index (Phi) is 3.44. The minimum atomic E-state index is 0.347. The number of hydrogen-bond acceptors (Lipinski definition) is 5. The lowest BCUT2D eigenvalue weighted by atomic mass is 10.3. The molecule has 0 aromatic carbocycles. The largest absolute Gasteiger partial charge is 0.295 e. The predicted molar refractivity (Wildman–Crippen MR) is 72.6 cm³/mol. The van der Waals surface area contributed by atoms with Crippen LogP contribution in [-0.2, 0) is 6.54 Å². The van der Waals surface area contributed by atoms with Crippen LogP contribution in [0.4, 0.5) is 0 Å². The molecule has 2 aromatic rings. The van der Waals surface area contributed by atoms with Gasteiger partial charge in [-0.3, -0.25) is 9.58 Å². The number of rotatable bonds is 3. The lowest BCUT2D eigenvalue weighted by Gasteiger charge is -2.15. The Morgan fingerprint density at radius 1 is 1.50 bits per heavy atom. The van der Waals surface area contributed by atoms with Gasteiger partial charge in [-0.2, -0.15) is 10.4 Å². The zero-order chi connectivity index (χ0) is 13.9. The first-order chi connectivity index (χ1) is 9.74. The molecule has 1 atom stereocenters. The maximum absolute atomic E-state index is 8.84. The topological polar surface area (TPSA) is 70.6 Å². The fourth-order valence-electron chi connectivity index (χ4n) is 2.59. The molecule has 1 unspecified atom stereocenters. The van der Waals surface area contributed by atoms with Gasteiger partial charge in [0, 0.05) is 32.0 Å². The minimum absolute atomic E-state index is 0.347. The highest BCUT2D eigenvalue weighted by Gasteiger charge is 2.24. The highest BCUT2D eigenvalue weighted by atomic mass is 15.3. The summed E-state index contributed by atoms with van der Waals surface area (Å²) in [6.07, 6.45) is 6.30. The first-order valence-corrected chi connectivity index (χ1v) is 6.70. The van der Waals surface area contributed by atoms with E-state index in [-0.39, 0.29) is 0 Å². The summed E-state index contributed by atoms with van der Waals surface area (Å²) in [7, 11) is 0. The molecular weight excluding hydrogens is 252 g/mol. The van der Waals surface area contributed by atoms with Crippen LogP contribution in [0.5, 0.6) is 0 Å². The Balaban J connectivity index is 1.63. The predicted octanol–water partition coefficient (Wildman–Crippen LogP) is 1.30. The summed E-state index contributed by atoms with van der Waals surface area (Å²) < 4.78 is 1.91. The monoisotopic (exact) mass is 268 g/mol. The Morgan fingerprint density at radius 3 is 3.15 bits per heavy atom. The van der Waals surface area contributed by atoms with Crippen molar-refractivity contribution in [1.29, 1.82) is 5.26 Å². The van der Waals surface area contributed by atoms with E-state index < -0.39 is 0 Å². The molecule has 0 saturated carbocycles. The molecule has 0 bridgehead atoms. The van der Waals surface area contributed by atoms with Crippen molar-refractivity contribution in [3.8, 4) is 6.07 Å². The summed E-state index contributed by atoms with van der Waals surface area (Å²) in [6.45, 7) is 4.71. The van der Waals surface area contributed by atoms with E-state index in [1.165, 1.54) is 0 Å². The molecule has 0 aliphatic carbocycles. The molecule has 1 fully saturated rings. The fraction of sp³-hybridized carbons (Fsp3) is 0.429. The van der Waals surface area contributed by atoms with Crippen molar-refractivity contribution in [3.05, 3.63) is 41.7 Å². The van der Waals surface area contributed by atoms with Crippen LogP contribution in [0.3, 0.4) is 0 Å². The summed E-state index contributed by atoms with van der Waals surface area (Å²) in [5.41, 5.74) is 1.67. The van der Waals surface area contributed by atoms with Gasteiger partial charge in [-0.15, -0.1) is 0 Å². The van der Waals surface area contributed by atoms with Gasteiger partial charge in [0.1, 0.15) is 11.9 Å². The lowest BCUT2D eigenvalue weighted by molar-refractivity contribution is 0.307. The van der Waals surface area contributed by atoms with Crippen LogP contribution in [0.2, 0.25) is 0 Å². The van der Waals surface area contributed by atoms with Gasteiger partial charge in [-0.05, 0) is 19.4 Å². The number of aryl methyl sites for hydroxylation is 1. The van der Waals surface area contributed by atoms with Crippen molar-refractivity contribution in [2.75, 3.05) is 13.1 Å². The van der Waals surface area contributed by atoms with Crippen LogP contribution < -0.4 is 0 Å². The van der Waals surface area contributed by atoms with E-state index in [1.807, 2.05) is 23.9 Å². The number of hydrogen-bond donors (Lipinski definition) is 0. The molecule has 3 rings (SSSR count). The van der Waals surface area contributed by atoms with Crippen LogP contribution in [0.1, 0.15) is 29.5 Å². The van der Waals surface area contributed by atoms with Crippen LogP contribution >= 0.6 is 0 Å². The molecule has 0 spiro atoms. The van der Waals surface area contributed by atoms with E-state index in [0.717, 1.165) is 37.6 Å². The minimum Gasteiger partial charge on any atom is -0.295 e. The van der Waals surface area contributed by atoms with Crippen LogP contribution in [0, 0.1) is 18.3 Å². The summed E-state index contributed by atoms with van der Waals surface area (Å²) >= 11 is 0. The van der Waals surface area contributed by atoms with Crippen molar-refractivity contribution in [2.24, 2.45) is 0 Å². The third-order valence-corrected chi connectivity index (χ3v) is 3.57. The number of likely N-dealkylation sites (tertiary alicyclic amines) is 1. The van der Waals surface area contributed by atoms with Gasteiger partial charge in [0.05, 0.1) is 23.5 Å². The molecule has 0 radical (unpaired) electrons. The fourth-order valence-corrected chi connectivity index (χ4v) is 2.59. The zero-order valence-electron chi connectivity index (χ0n) is 11.4. The van der Waals surface area contributed by atoms with Crippen LogP contribution in [-0.4, -0.2) is 37.7 Å². The molecule has 1 aliphatic heterocycles. The standard InChI is InChI=1S/C14H16N6/c1-11-16-4-2-13(18-11)9-19-5-3-14(10-19)20-8-12(6-15)7-17-20/h2,4,7-8,14H,3,5,9-10H2,1H3. The van der Waals surface area contributed by atoms with E-state index in [0.29, 0.717) is 11.6 Å². The van der Waals surface area contributed by atoms with E-state index >= 15 is 0 Å². The number of aromatic nitrogens is 4. The third kappa shape index (κ3) is 2.68. The van der Waals surface area contributed by atoms with E-state index in [9.17, 15) is 0 Å². The molecule has 2 aromatic heterocycles. The Bertz CT molecular complexity index is 641. The summed E-state index contributed by atoms with van der Waals surface area (Å²) in [5, 5.41) is 13.1. The summed E-state index contributed by atoms with van der Waals surface area (Å²) in [5.74, 6) is 0.809. The molecule has 6 heteroatoms. The van der Waals surface area contributed by atoms with Crippen molar-refractivity contribution in [1.82, 2.24) is 24.6 Å². The highest BCUT2D eigenvalue weighted by molar-refractivity contribution is 5.22. The van der Waals surface area contributed by atoms with Crippen LogP contribution in [0.25, 0.3) is 0 Å². The summed E-state index contributed by atoms with van der Waals surface area (Å²) in [4.78, 5) is 10.9. The third-order valence-electron chi connectivity index (χ3n) is 3.57. The van der Waals surface area contributed by atoms with E-state index in [2.05, 4.69) is 26.0 Å². The Hall–Kier alpha value is -2.26. The SMILES string of the molecule is Cc1nccc(CN2CCC(n3cc(C#N)cn3)C2)n1. The molecular formula is C14H16N6. The number of nitrogens with zero attached hydrogens (tertiary/aromatic N) is 6. The van der Waals surface area contributed by atoms with Crippen molar-refractivity contribution in [2.45, 2.75) is 25.9 Å². The molecule has 20 heavy (non-hydrogen) atoms. The first-order valence-electron chi connectivity index (χ1n) is 6.70. The Morgan fingerprint density at radius 2 is 2.40 bits per heavy atom. The van der Waals surface area contributed by atoms with Crippen LogP contribution in [0.15, 0.2) is 24.7 Å². The van der Waals surface area contributed by atoms with Gasteiger partial charge in [0.15, 0.2) is 0 Å². The van der Waals surface area contributed by atoms with Gasteiger partial charge in [-0.1, -0.05) is 0 Å². The van der Waals surface area contributed by atoms with Gasteiger partial charge in [0.2, 0.25) is 0 Å². The molecule has 6 nitrogen and oxygen atoms in total. The van der Waals surface area contributed by atoms with Gasteiger partial charge < -0.3 is 0 Å². The first kappa shape index (κ1) is 12.8. The second-order valence-electron chi connectivity index (χ2n) is 5.09. The Labute approximate surface area is 117 Å². The van der Waals surface area contributed by atoms with Crippen molar-refractivity contribution in [3.63, 3.8) is 0 Å². The highest BCUT2D eigenvalue weighted by Crippen LogP contribution is 2.22. The molecule has 1 aliphatic rings. The average Bonchev–Trinajstić information content (AvgIpc) is 3.07. The van der Waals surface area contributed by atoms with Crippen molar-refractivity contribution < 1.29 is 0 Å². The normalized spacial score (nSPS) is 19.1. The molecule has 0 N–H and O–H groups in total.